The summed E-state index contributed by atoms with van der Waals surface area (Å²) in [4.78, 5) is 0. The summed E-state index contributed by atoms with van der Waals surface area (Å²) in [5.74, 6) is -1.13. The number of phenolic OH excluding ortho intramolecular Hbond substituents is 1. The molecule has 1 fully saturated rings. The van der Waals surface area contributed by atoms with E-state index in [1.54, 1.807) is 18.2 Å². The third-order valence-corrected chi connectivity index (χ3v) is 7.47. The number of phenols is 1. The first-order valence-electron chi connectivity index (χ1n) is 12.1. The van der Waals surface area contributed by atoms with Crippen molar-refractivity contribution in [3.8, 4) is 23.0 Å². The van der Waals surface area contributed by atoms with Gasteiger partial charge in [-0.25, -0.2) is 0 Å². The summed E-state index contributed by atoms with van der Waals surface area (Å²) >= 11 is 0. The molecule has 1 saturated heterocycles. The van der Waals surface area contributed by atoms with Gasteiger partial charge in [-0.1, -0.05) is 6.07 Å². The van der Waals surface area contributed by atoms with Gasteiger partial charge in [-0.05, 0) is 41.0 Å². The first-order chi connectivity index (χ1) is 18.1. The molecule has 8 atom stereocenters. The van der Waals surface area contributed by atoms with Gasteiger partial charge in [-0.15, -0.1) is 0 Å². The number of hydrogen-bond donors (Lipinski definition) is 8. The lowest BCUT2D eigenvalue weighted by Crippen LogP contribution is -2.60. The molecular formula is C26H34O12. The van der Waals surface area contributed by atoms with Gasteiger partial charge in [0.1, 0.15) is 24.4 Å². The van der Waals surface area contributed by atoms with Gasteiger partial charge in [-0.3, -0.25) is 0 Å². The molecule has 2 aromatic rings. The average Bonchev–Trinajstić information content (AvgIpc) is 2.92. The molecule has 0 bridgehead atoms. The van der Waals surface area contributed by atoms with Crippen LogP contribution in [0.2, 0.25) is 0 Å². The topological polar surface area (TPSA) is 199 Å². The van der Waals surface area contributed by atoms with Crippen molar-refractivity contribution in [2.75, 3.05) is 34.0 Å². The molecule has 2 aliphatic rings. The van der Waals surface area contributed by atoms with Crippen LogP contribution in [0.3, 0.4) is 0 Å². The Morgan fingerprint density at radius 1 is 0.895 bits per heavy atom. The van der Waals surface area contributed by atoms with Crippen LogP contribution in [0.1, 0.15) is 22.6 Å². The van der Waals surface area contributed by atoms with Crippen molar-refractivity contribution < 1.29 is 59.8 Å². The Morgan fingerprint density at radius 3 is 2.21 bits per heavy atom. The molecule has 1 heterocycles. The first kappa shape index (κ1) is 28.3. The lowest BCUT2D eigenvalue weighted by atomic mass is 9.64. The number of aliphatic hydroxyl groups is 7. The maximum absolute atomic E-state index is 11.3. The molecule has 0 amide bonds. The number of methoxy groups -OCH3 is 2. The van der Waals surface area contributed by atoms with E-state index in [2.05, 4.69) is 0 Å². The Morgan fingerprint density at radius 2 is 1.61 bits per heavy atom. The number of hydrogen-bond acceptors (Lipinski definition) is 12. The second-order valence-electron chi connectivity index (χ2n) is 9.65. The molecule has 2 aromatic carbocycles. The fourth-order valence-corrected chi connectivity index (χ4v) is 5.35. The zero-order valence-corrected chi connectivity index (χ0v) is 21.0. The van der Waals surface area contributed by atoms with Crippen molar-refractivity contribution in [2.24, 2.45) is 5.92 Å². The highest BCUT2D eigenvalue weighted by molar-refractivity contribution is 5.54. The van der Waals surface area contributed by atoms with Gasteiger partial charge >= 0.3 is 0 Å². The zero-order valence-electron chi connectivity index (χ0n) is 21.0. The summed E-state index contributed by atoms with van der Waals surface area (Å²) in [6.45, 7) is -1.70. The summed E-state index contributed by atoms with van der Waals surface area (Å²) in [7, 11) is 2.78. The fraction of sp³-hybridized carbons (Fsp3) is 0.538. The van der Waals surface area contributed by atoms with Gasteiger partial charge in [0.05, 0.1) is 33.0 Å². The minimum absolute atomic E-state index is 0.00640. The van der Waals surface area contributed by atoms with Gasteiger partial charge in [0.2, 0.25) is 6.29 Å². The second-order valence-corrected chi connectivity index (χ2v) is 9.65. The Bertz CT molecular complexity index is 1120. The average molecular weight is 539 g/mol. The Hall–Kier alpha value is -2.68. The normalized spacial score (nSPS) is 32.9. The molecule has 8 N–H and O–H groups in total. The van der Waals surface area contributed by atoms with Crippen molar-refractivity contribution in [1.82, 2.24) is 0 Å². The molecule has 12 heteroatoms. The van der Waals surface area contributed by atoms with E-state index in [1.165, 1.54) is 26.4 Å². The van der Waals surface area contributed by atoms with Crippen LogP contribution >= 0.6 is 0 Å². The molecule has 210 valence electrons. The molecule has 0 radical (unpaired) electrons. The largest absolute Gasteiger partial charge is 0.504 e. The third kappa shape index (κ3) is 4.90. The molecule has 0 spiro atoms. The molecule has 0 unspecified atom stereocenters. The monoisotopic (exact) mass is 538 g/mol. The van der Waals surface area contributed by atoms with Crippen LogP contribution in [0.5, 0.6) is 23.0 Å². The van der Waals surface area contributed by atoms with E-state index in [0.717, 1.165) is 0 Å². The number of aliphatic hydroxyl groups excluding tert-OH is 6. The van der Waals surface area contributed by atoms with Gasteiger partial charge < -0.3 is 59.8 Å². The number of fused-ring (bicyclic) bond motifs is 1. The number of ether oxygens (including phenoxy) is 4. The van der Waals surface area contributed by atoms with Crippen LogP contribution < -0.4 is 14.2 Å². The summed E-state index contributed by atoms with van der Waals surface area (Å²) in [6.07, 6.45) is -7.38. The smallest absolute Gasteiger partial charge is 0.229 e. The van der Waals surface area contributed by atoms with Crippen LogP contribution in [-0.2, 0) is 11.2 Å². The fourth-order valence-electron chi connectivity index (χ4n) is 5.35. The van der Waals surface area contributed by atoms with Crippen LogP contribution in [0.25, 0.3) is 0 Å². The third-order valence-electron chi connectivity index (χ3n) is 7.47. The lowest BCUT2D eigenvalue weighted by Gasteiger charge is -2.44. The Kier molecular flexibility index (Phi) is 8.35. The van der Waals surface area contributed by atoms with E-state index in [4.69, 9.17) is 18.9 Å². The Balaban J connectivity index is 1.74. The van der Waals surface area contributed by atoms with Crippen molar-refractivity contribution >= 4 is 0 Å². The van der Waals surface area contributed by atoms with Crippen molar-refractivity contribution in [3.05, 3.63) is 47.0 Å². The Labute approximate surface area is 218 Å². The van der Waals surface area contributed by atoms with E-state index in [-0.39, 0.29) is 29.4 Å². The van der Waals surface area contributed by atoms with Crippen molar-refractivity contribution in [1.29, 1.82) is 0 Å². The predicted molar refractivity (Wildman–Crippen MR) is 130 cm³/mol. The summed E-state index contributed by atoms with van der Waals surface area (Å²) in [6, 6.07) is 7.83. The molecule has 0 aromatic heterocycles. The molecule has 4 rings (SSSR count). The molecule has 12 nitrogen and oxygen atoms in total. The molecule has 0 saturated carbocycles. The summed E-state index contributed by atoms with van der Waals surface area (Å²) in [5, 5.41) is 81.8. The maximum atomic E-state index is 11.3. The minimum atomic E-state index is -1.69. The number of benzene rings is 2. The summed E-state index contributed by atoms with van der Waals surface area (Å²) < 4.78 is 21.9. The first-order valence-corrected chi connectivity index (χ1v) is 12.1. The van der Waals surface area contributed by atoms with E-state index in [1.807, 2.05) is 0 Å². The zero-order chi connectivity index (χ0) is 27.8. The lowest BCUT2D eigenvalue weighted by molar-refractivity contribution is -0.277. The van der Waals surface area contributed by atoms with E-state index >= 15 is 0 Å². The van der Waals surface area contributed by atoms with E-state index in [9.17, 15) is 40.9 Å². The molecule has 1 aliphatic heterocycles. The molecular weight excluding hydrogens is 504 g/mol. The van der Waals surface area contributed by atoms with Gasteiger partial charge in [-0.2, -0.15) is 0 Å². The van der Waals surface area contributed by atoms with Gasteiger partial charge in [0.25, 0.3) is 0 Å². The van der Waals surface area contributed by atoms with Crippen LogP contribution in [0.15, 0.2) is 30.3 Å². The van der Waals surface area contributed by atoms with Crippen LogP contribution in [0.4, 0.5) is 0 Å². The number of rotatable bonds is 8. The second kappa shape index (κ2) is 11.2. The highest BCUT2D eigenvalue weighted by Crippen LogP contribution is 2.49. The maximum Gasteiger partial charge on any atom is 0.229 e. The van der Waals surface area contributed by atoms with Crippen molar-refractivity contribution in [2.45, 2.75) is 48.6 Å². The SMILES string of the molecule is COc1cc2c(cc1O)C[C@@](O)(CO)[C@H](CO)[C@H]2c1ccc(O[C@H]2O[C@@H](CO)[C@H](O)[C@@H](O)[C@@H]2O)c(OC)c1. The minimum Gasteiger partial charge on any atom is -0.504 e. The summed E-state index contributed by atoms with van der Waals surface area (Å²) in [5.41, 5.74) is 0.117. The highest BCUT2D eigenvalue weighted by Gasteiger charge is 2.48. The van der Waals surface area contributed by atoms with Crippen LogP contribution in [-0.4, -0.2) is 111 Å². The number of aromatic hydroxyl groups is 1. The van der Waals surface area contributed by atoms with E-state index in [0.29, 0.717) is 16.7 Å². The van der Waals surface area contributed by atoms with Gasteiger partial charge in [0, 0.05) is 24.9 Å². The van der Waals surface area contributed by atoms with Crippen LogP contribution in [0, 0.1) is 5.92 Å². The van der Waals surface area contributed by atoms with Crippen molar-refractivity contribution in [3.63, 3.8) is 0 Å². The quantitative estimate of drug-likeness (QED) is 0.196. The standard InChI is InChI=1S/C26H34O12/c1-35-18-7-14-13(5-16(18)30)8-26(34,11-29)15(9-27)21(14)12-3-4-17(19(6-12)36-2)37-25-24(33)23(32)22(31)20(10-28)38-25/h3-7,15,20-25,27-34H,8-11H2,1-2H3/t15-,20+,21+,22+,23-,24+,25+,26-/m1/s1. The predicted octanol–water partition coefficient (Wildman–Crippen LogP) is -1.39. The van der Waals surface area contributed by atoms with E-state index < -0.39 is 68.0 Å². The molecule has 1 aliphatic carbocycles. The molecule has 38 heavy (non-hydrogen) atoms. The highest BCUT2D eigenvalue weighted by atomic mass is 16.7. The van der Waals surface area contributed by atoms with Gasteiger partial charge in [0.15, 0.2) is 23.0 Å².